The maximum atomic E-state index is 12.0. The summed E-state index contributed by atoms with van der Waals surface area (Å²) in [5.74, 6) is 0.771. The maximum Gasteiger partial charge on any atom is 0.315 e. The molecule has 0 spiro atoms. The Bertz CT molecular complexity index is 892. The van der Waals surface area contributed by atoms with Gasteiger partial charge in [-0.05, 0) is 37.1 Å². The number of methoxy groups -OCH3 is 1. The minimum atomic E-state index is -0.403. The van der Waals surface area contributed by atoms with Crippen molar-refractivity contribution < 1.29 is 14.1 Å². The zero-order valence-electron chi connectivity index (χ0n) is 14.5. The Balaban J connectivity index is 1.49. The molecule has 8 nitrogen and oxygen atoms in total. The van der Waals surface area contributed by atoms with Gasteiger partial charge in [-0.15, -0.1) is 0 Å². The molecule has 3 aromatic rings. The molecule has 0 fully saturated rings. The van der Waals surface area contributed by atoms with E-state index in [-0.39, 0.29) is 12.6 Å². The van der Waals surface area contributed by atoms with E-state index in [1.807, 2.05) is 24.4 Å². The first-order valence-corrected chi connectivity index (χ1v) is 8.56. The van der Waals surface area contributed by atoms with Crippen LogP contribution in [0.25, 0.3) is 10.9 Å². The number of aromatic nitrogens is 3. The Morgan fingerprint density at radius 3 is 3.12 bits per heavy atom. The molecular formula is C17H20ClN5O3. The number of carbonyl (C=O) groups excluding carboxylic acids is 1. The zero-order valence-corrected chi connectivity index (χ0v) is 15.3. The summed E-state index contributed by atoms with van der Waals surface area (Å²) in [6.07, 6.45) is 2.61. The molecule has 26 heavy (non-hydrogen) atoms. The summed E-state index contributed by atoms with van der Waals surface area (Å²) in [4.78, 5) is 19.4. The second kappa shape index (κ2) is 8.20. The van der Waals surface area contributed by atoms with Gasteiger partial charge in [0.2, 0.25) is 5.89 Å². The predicted octanol–water partition coefficient (Wildman–Crippen LogP) is 2.95. The van der Waals surface area contributed by atoms with Crippen LogP contribution in [0.3, 0.4) is 0 Å². The quantitative estimate of drug-likeness (QED) is 0.587. The van der Waals surface area contributed by atoms with Crippen molar-refractivity contribution >= 4 is 28.5 Å². The van der Waals surface area contributed by atoms with Crippen LogP contribution >= 0.6 is 11.6 Å². The second-order valence-electron chi connectivity index (χ2n) is 5.86. The molecule has 0 saturated carbocycles. The number of H-pyrrole nitrogens is 1. The van der Waals surface area contributed by atoms with Gasteiger partial charge in [-0.3, -0.25) is 0 Å². The SMILES string of the molecule is COCc1noc(C(C)NC(=O)NCCc2c[nH]c3ccc(Cl)cc23)n1. The normalized spacial score (nSPS) is 12.3. The molecule has 0 aliphatic rings. The zero-order chi connectivity index (χ0) is 18.5. The summed E-state index contributed by atoms with van der Waals surface area (Å²) in [5, 5.41) is 11.1. The lowest BCUT2D eigenvalue weighted by Gasteiger charge is -2.11. The fraction of sp³-hybridized carbons (Fsp3) is 0.353. The third kappa shape index (κ3) is 4.33. The highest BCUT2D eigenvalue weighted by Crippen LogP contribution is 2.22. The summed E-state index contributed by atoms with van der Waals surface area (Å²) in [6, 6.07) is 4.98. The number of hydrogen-bond donors (Lipinski definition) is 3. The molecule has 9 heteroatoms. The lowest BCUT2D eigenvalue weighted by atomic mass is 10.1. The minimum absolute atomic E-state index is 0.261. The van der Waals surface area contributed by atoms with Crippen LogP contribution in [0.5, 0.6) is 0 Å². The Hall–Kier alpha value is -2.58. The van der Waals surface area contributed by atoms with Crippen LogP contribution in [0.15, 0.2) is 28.9 Å². The summed E-state index contributed by atoms with van der Waals surface area (Å²) in [6.45, 7) is 2.51. The third-order valence-corrected chi connectivity index (χ3v) is 4.12. The highest BCUT2D eigenvalue weighted by Gasteiger charge is 2.16. The van der Waals surface area contributed by atoms with Crippen molar-refractivity contribution in [2.75, 3.05) is 13.7 Å². The highest BCUT2D eigenvalue weighted by molar-refractivity contribution is 6.31. The molecular weight excluding hydrogens is 358 g/mol. The first kappa shape index (κ1) is 18.2. The number of urea groups is 1. The minimum Gasteiger partial charge on any atom is -0.377 e. The smallest absolute Gasteiger partial charge is 0.315 e. The lowest BCUT2D eigenvalue weighted by molar-refractivity contribution is 0.174. The van der Waals surface area contributed by atoms with Crippen molar-refractivity contribution in [2.45, 2.75) is 26.0 Å². The number of hydrogen-bond acceptors (Lipinski definition) is 5. The number of amides is 2. The van der Waals surface area contributed by atoms with E-state index >= 15 is 0 Å². The van der Waals surface area contributed by atoms with E-state index in [1.165, 1.54) is 0 Å². The van der Waals surface area contributed by atoms with E-state index in [4.69, 9.17) is 20.9 Å². The first-order valence-electron chi connectivity index (χ1n) is 8.18. The Morgan fingerprint density at radius 1 is 1.46 bits per heavy atom. The number of rotatable bonds is 7. The third-order valence-electron chi connectivity index (χ3n) is 3.88. The van der Waals surface area contributed by atoms with E-state index in [0.29, 0.717) is 29.7 Å². The van der Waals surface area contributed by atoms with Gasteiger partial charge in [0.1, 0.15) is 12.6 Å². The molecule has 2 aromatic heterocycles. The summed E-state index contributed by atoms with van der Waals surface area (Å²) >= 11 is 6.05. The Morgan fingerprint density at radius 2 is 2.31 bits per heavy atom. The molecule has 1 atom stereocenters. The van der Waals surface area contributed by atoms with Gasteiger partial charge in [0.05, 0.1) is 0 Å². The van der Waals surface area contributed by atoms with Gasteiger partial charge in [-0.1, -0.05) is 16.8 Å². The number of carbonyl (C=O) groups is 1. The summed E-state index contributed by atoms with van der Waals surface area (Å²) < 4.78 is 10.0. The van der Waals surface area contributed by atoms with Crippen molar-refractivity contribution in [1.29, 1.82) is 0 Å². The monoisotopic (exact) mass is 377 g/mol. The van der Waals surface area contributed by atoms with Crippen LogP contribution in [-0.4, -0.2) is 34.8 Å². The van der Waals surface area contributed by atoms with Gasteiger partial charge >= 0.3 is 6.03 Å². The van der Waals surface area contributed by atoms with Crippen LogP contribution < -0.4 is 10.6 Å². The van der Waals surface area contributed by atoms with Gasteiger partial charge in [0.15, 0.2) is 5.82 Å². The van der Waals surface area contributed by atoms with E-state index in [1.54, 1.807) is 14.0 Å². The molecule has 0 saturated heterocycles. The number of fused-ring (bicyclic) bond motifs is 1. The fourth-order valence-corrected chi connectivity index (χ4v) is 2.78. The van der Waals surface area contributed by atoms with Crippen LogP contribution in [0.1, 0.15) is 30.2 Å². The standard InChI is InChI=1S/C17H20ClN5O3/c1-10(16-22-15(9-25-2)23-26-16)21-17(24)19-6-5-11-8-20-14-4-3-12(18)7-13(11)14/h3-4,7-8,10,20H,5-6,9H2,1-2H3,(H2,19,21,24). The molecule has 1 aromatic carbocycles. The molecule has 138 valence electrons. The number of ether oxygens (including phenoxy) is 1. The molecule has 0 bridgehead atoms. The Kier molecular flexibility index (Phi) is 5.75. The maximum absolute atomic E-state index is 12.0. The number of aromatic amines is 1. The van der Waals surface area contributed by atoms with E-state index in [2.05, 4.69) is 25.8 Å². The van der Waals surface area contributed by atoms with Crippen molar-refractivity contribution in [3.05, 3.63) is 46.7 Å². The topological polar surface area (TPSA) is 105 Å². The molecule has 0 radical (unpaired) electrons. The largest absolute Gasteiger partial charge is 0.377 e. The van der Waals surface area contributed by atoms with Crippen LogP contribution in [-0.2, 0) is 17.8 Å². The van der Waals surface area contributed by atoms with Gasteiger partial charge < -0.3 is 24.9 Å². The molecule has 2 heterocycles. The first-order chi connectivity index (χ1) is 12.6. The van der Waals surface area contributed by atoms with E-state index in [0.717, 1.165) is 16.5 Å². The van der Waals surface area contributed by atoms with Crippen LogP contribution in [0, 0.1) is 0 Å². The van der Waals surface area contributed by atoms with Crippen LogP contribution in [0.4, 0.5) is 4.79 Å². The van der Waals surface area contributed by atoms with E-state index < -0.39 is 6.04 Å². The predicted molar refractivity (Wildman–Crippen MR) is 97.0 cm³/mol. The van der Waals surface area contributed by atoms with Crippen molar-refractivity contribution in [2.24, 2.45) is 0 Å². The summed E-state index contributed by atoms with van der Waals surface area (Å²) in [7, 11) is 1.55. The lowest BCUT2D eigenvalue weighted by Crippen LogP contribution is -2.38. The van der Waals surface area contributed by atoms with Gasteiger partial charge in [-0.25, -0.2) is 4.79 Å². The van der Waals surface area contributed by atoms with Crippen LogP contribution in [0.2, 0.25) is 5.02 Å². The molecule has 3 rings (SSSR count). The number of benzene rings is 1. The molecule has 1 unspecified atom stereocenters. The molecule has 0 aliphatic heterocycles. The van der Waals surface area contributed by atoms with Crippen molar-refractivity contribution in [1.82, 2.24) is 25.8 Å². The fourth-order valence-electron chi connectivity index (χ4n) is 2.61. The summed E-state index contributed by atoms with van der Waals surface area (Å²) in [5.41, 5.74) is 2.11. The van der Waals surface area contributed by atoms with Crippen molar-refractivity contribution in [3.63, 3.8) is 0 Å². The average molecular weight is 378 g/mol. The number of halogens is 1. The van der Waals surface area contributed by atoms with Gasteiger partial charge in [0, 0.05) is 35.8 Å². The molecule has 3 N–H and O–H groups in total. The number of nitrogens with zero attached hydrogens (tertiary/aromatic N) is 2. The average Bonchev–Trinajstić information content (AvgIpc) is 3.22. The Labute approximate surface area is 155 Å². The van der Waals surface area contributed by atoms with Gasteiger partial charge in [0.25, 0.3) is 0 Å². The van der Waals surface area contributed by atoms with Gasteiger partial charge in [-0.2, -0.15) is 4.98 Å². The second-order valence-corrected chi connectivity index (χ2v) is 6.29. The number of nitrogens with one attached hydrogen (secondary N) is 3. The molecule has 2 amide bonds. The van der Waals surface area contributed by atoms with E-state index in [9.17, 15) is 4.79 Å². The highest BCUT2D eigenvalue weighted by atomic mass is 35.5. The molecule has 0 aliphatic carbocycles. The van der Waals surface area contributed by atoms with Crippen molar-refractivity contribution in [3.8, 4) is 0 Å².